The van der Waals surface area contributed by atoms with Gasteiger partial charge in [-0.2, -0.15) is 0 Å². The number of carboxylic acids is 2. The summed E-state index contributed by atoms with van der Waals surface area (Å²) >= 11 is 0. The van der Waals surface area contributed by atoms with Crippen molar-refractivity contribution in [2.75, 3.05) is 0 Å². The van der Waals surface area contributed by atoms with Crippen molar-refractivity contribution in [3.63, 3.8) is 0 Å². The third kappa shape index (κ3) is 3.81. The number of carbonyl (C=O) groups is 2. The second-order valence-corrected chi connectivity index (χ2v) is 8.55. The van der Waals surface area contributed by atoms with Gasteiger partial charge >= 0.3 is 11.9 Å². The van der Waals surface area contributed by atoms with Crippen LogP contribution in [0.2, 0.25) is 0 Å². The summed E-state index contributed by atoms with van der Waals surface area (Å²) in [5, 5.41) is 19.9. The highest BCUT2D eigenvalue weighted by Crippen LogP contribution is 2.48. The van der Waals surface area contributed by atoms with Crippen molar-refractivity contribution < 1.29 is 19.8 Å². The molecule has 164 valence electrons. The average Bonchev–Trinajstić information content (AvgIpc) is 3.32. The molecule has 0 atom stereocenters. The Labute approximate surface area is 188 Å². The molecule has 3 aromatic rings. The number of aryl methyl sites for hydroxylation is 2. The van der Waals surface area contributed by atoms with E-state index in [0.717, 1.165) is 54.4 Å². The molecule has 4 rings (SSSR count). The Balaban J connectivity index is 2.19. The Morgan fingerprint density at radius 1 is 0.844 bits per heavy atom. The summed E-state index contributed by atoms with van der Waals surface area (Å²) in [5.74, 6) is -1.62. The minimum atomic E-state index is -0.983. The Kier molecular flexibility index (Phi) is 6.13. The third-order valence-electron chi connectivity index (χ3n) is 6.65. The van der Waals surface area contributed by atoms with Gasteiger partial charge in [0.1, 0.15) is 0 Å². The Hall–Kier alpha value is -3.40. The van der Waals surface area contributed by atoms with Crippen LogP contribution in [-0.2, 0) is 6.42 Å². The molecule has 4 nitrogen and oxygen atoms in total. The molecular formula is C28H28O4. The summed E-state index contributed by atoms with van der Waals surface area (Å²) < 4.78 is 0. The normalized spacial score (nSPS) is 13.9. The van der Waals surface area contributed by atoms with E-state index in [1.165, 1.54) is 5.56 Å². The van der Waals surface area contributed by atoms with E-state index in [2.05, 4.69) is 19.9 Å². The summed E-state index contributed by atoms with van der Waals surface area (Å²) in [6.45, 7) is 4.16. The molecular weight excluding hydrogens is 400 g/mol. The zero-order chi connectivity index (χ0) is 22.8. The van der Waals surface area contributed by atoms with Gasteiger partial charge in [-0.05, 0) is 83.2 Å². The van der Waals surface area contributed by atoms with Crippen molar-refractivity contribution >= 4 is 11.9 Å². The molecule has 0 bridgehead atoms. The van der Waals surface area contributed by atoms with E-state index in [9.17, 15) is 19.8 Å². The van der Waals surface area contributed by atoms with Crippen LogP contribution >= 0.6 is 0 Å². The lowest BCUT2D eigenvalue weighted by Crippen LogP contribution is -2.09. The van der Waals surface area contributed by atoms with Crippen LogP contribution in [0.4, 0.5) is 0 Å². The minimum Gasteiger partial charge on any atom is -0.478 e. The fourth-order valence-corrected chi connectivity index (χ4v) is 5.29. The van der Waals surface area contributed by atoms with Gasteiger partial charge in [-0.3, -0.25) is 0 Å². The first-order valence-electron chi connectivity index (χ1n) is 11.3. The molecule has 0 radical (unpaired) electrons. The van der Waals surface area contributed by atoms with Gasteiger partial charge < -0.3 is 10.2 Å². The number of benzene rings is 3. The van der Waals surface area contributed by atoms with Gasteiger partial charge in [-0.25, -0.2) is 9.59 Å². The number of rotatable bonds is 6. The number of aromatic carboxylic acids is 2. The maximum Gasteiger partial charge on any atom is 0.336 e. The van der Waals surface area contributed by atoms with E-state index in [1.54, 1.807) is 24.3 Å². The fraction of sp³-hybridized carbons (Fsp3) is 0.286. The van der Waals surface area contributed by atoms with Gasteiger partial charge in [0.05, 0.1) is 11.1 Å². The van der Waals surface area contributed by atoms with E-state index in [4.69, 9.17) is 0 Å². The van der Waals surface area contributed by atoms with Crippen molar-refractivity contribution in [3.05, 3.63) is 82.4 Å². The van der Waals surface area contributed by atoms with Crippen LogP contribution in [-0.4, -0.2) is 22.2 Å². The van der Waals surface area contributed by atoms with Gasteiger partial charge in [-0.15, -0.1) is 0 Å². The molecule has 1 aliphatic carbocycles. The van der Waals surface area contributed by atoms with Gasteiger partial charge in [0.15, 0.2) is 0 Å². The maximum atomic E-state index is 12.2. The fourth-order valence-electron chi connectivity index (χ4n) is 5.29. The molecule has 4 heteroatoms. The molecule has 0 aliphatic heterocycles. The molecule has 3 aromatic carbocycles. The van der Waals surface area contributed by atoms with Gasteiger partial charge in [0, 0.05) is 0 Å². The molecule has 0 amide bonds. The summed E-state index contributed by atoms with van der Waals surface area (Å²) in [6.07, 6.45) is 5.15. The van der Waals surface area contributed by atoms with Crippen LogP contribution in [0.3, 0.4) is 0 Å². The topological polar surface area (TPSA) is 74.6 Å². The summed E-state index contributed by atoms with van der Waals surface area (Å²) in [7, 11) is 0. The largest absolute Gasteiger partial charge is 0.478 e. The van der Waals surface area contributed by atoms with E-state index < -0.39 is 11.9 Å². The van der Waals surface area contributed by atoms with Crippen LogP contribution in [0.15, 0.2) is 54.6 Å². The Bertz CT molecular complexity index is 1190. The molecule has 1 fully saturated rings. The lowest BCUT2D eigenvalue weighted by Gasteiger charge is -2.26. The second-order valence-electron chi connectivity index (χ2n) is 8.55. The van der Waals surface area contributed by atoms with Crippen molar-refractivity contribution in [1.29, 1.82) is 0 Å². The van der Waals surface area contributed by atoms with Crippen LogP contribution < -0.4 is 0 Å². The van der Waals surface area contributed by atoms with Crippen LogP contribution in [0.5, 0.6) is 0 Å². The smallest absolute Gasteiger partial charge is 0.336 e. The first-order chi connectivity index (χ1) is 15.4. The van der Waals surface area contributed by atoms with Crippen molar-refractivity contribution in [2.24, 2.45) is 0 Å². The third-order valence-corrected chi connectivity index (χ3v) is 6.65. The highest BCUT2D eigenvalue weighted by Gasteiger charge is 2.29. The van der Waals surface area contributed by atoms with Crippen molar-refractivity contribution in [3.8, 4) is 22.3 Å². The van der Waals surface area contributed by atoms with Crippen LogP contribution in [0.25, 0.3) is 22.3 Å². The Morgan fingerprint density at radius 3 is 1.84 bits per heavy atom. The molecule has 1 aliphatic rings. The minimum absolute atomic E-state index is 0.234. The zero-order valence-electron chi connectivity index (χ0n) is 18.5. The van der Waals surface area contributed by atoms with E-state index in [0.29, 0.717) is 17.0 Å². The number of carboxylic acid groups (broad SMARTS) is 2. The van der Waals surface area contributed by atoms with Gasteiger partial charge in [0.25, 0.3) is 0 Å². The molecule has 0 unspecified atom stereocenters. The van der Waals surface area contributed by atoms with Crippen LogP contribution in [0, 0.1) is 6.92 Å². The monoisotopic (exact) mass is 428 g/mol. The number of hydrogen-bond donors (Lipinski definition) is 2. The first kappa shape index (κ1) is 21.8. The lowest BCUT2D eigenvalue weighted by atomic mass is 9.77. The SMILES string of the molecule is CCc1cc(C)c(C2CCCC2)c(-c2ccccc2C(=O)O)c1-c1ccccc1C(=O)O. The van der Waals surface area contributed by atoms with Gasteiger partial charge in [0.2, 0.25) is 0 Å². The van der Waals surface area contributed by atoms with E-state index in [1.807, 2.05) is 24.3 Å². The highest BCUT2D eigenvalue weighted by atomic mass is 16.4. The molecule has 0 saturated heterocycles. The molecule has 1 saturated carbocycles. The second kappa shape index (κ2) is 8.99. The summed E-state index contributed by atoms with van der Waals surface area (Å²) in [6, 6.07) is 16.3. The molecule has 0 aromatic heterocycles. The molecule has 32 heavy (non-hydrogen) atoms. The standard InChI is InChI=1S/C28H28O4/c1-3-18-16-17(2)24(19-10-4-5-11-19)26(21-13-7-9-15-23(21)28(31)32)25(18)20-12-6-8-14-22(20)27(29)30/h6-9,12-16,19H,3-5,10-11H2,1-2H3,(H,29,30)(H,31,32). The molecule has 2 N–H and O–H groups in total. The predicted octanol–water partition coefficient (Wildman–Crippen LogP) is 6.95. The highest BCUT2D eigenvalue weighted by molar-refractivity contribution is 6.04. The lowest BCUT2D eigenvalue weighted by molar-refractivity contribution is 0.0686. The maximum absolute atomic E-state index is 12.2. The van der Waals surface area contributed by atoms with E-state index >= 15 is 0 Å². The summed E-state index contributed by atoms with van der Waals surface area (Å²) in [4.78, 5) is 24.3. The Morgan fingerprint density at radius 2 is 1.34 bits per heavy atom. The van der Waals surface area contributed by atoms with E-state index in [-0.39, 0.29) is 11.1 Å². The molecule has 0 spiro atoms. The predicted molar refractivity (Wildman–Crippen MR) is 127 cm³/mol. The summed E-state index contributed by atoms with van der Waals surface area (Å²) in [5.41, 5.74) is 6.89. The quantitative estimate of drug-likeness (QED) is 0.446. The first-order valence-corrected chi connectivity index (χ1v) is 11.3. The van der Waals surface area contributed by atoms with Crippen LogP contribution in [0.1, 0.15) is 75.9 Å². The number of hydrogen-bond acceptors (Lipinski definition) is 2. The van der Waals surface area contributed by atoms with Crippen molar-refractivity contribution in [2.45, 2.75) is 51.9 Å². The van der Waals surface area contributed by atoms with Crippen molar-refractivity contribution in [1.82, 2.24) is 0 Å². The van der Waals surface area contributed by atoms with Gasteiger partial charge in [-0.1, -0.05) is 62.2 Å². The zero-order valence-corrected chi connectivity index (χ0v) is 18.5. The average molecular weight is 429 g/mol. The molecule has 0 heterocycles.